The number of primary amides is 2. The van der Waals surface area contributed by atoms with Gasteiger partial charge in [-0.05, 0) is 86.9 Å². The van der Waals surface area contributed by atoms with Crippen molar-refractivity contribution in [2.75, 3.05) is 13.2 Å². The number of nitrogens with zero attached hydrogens (tertiary/aromatic N) is 1. The first-order chi connectivity index (χ1) is 35.4. The van der Waals surface area contributed by atoms with E-state index in [1.807, 2.05) is 0 Å². The van der Waals surface area contributed by atoms with Crippen LogP contribution in [0.3, 0.4) is 0 Å². The third-order valence-corrected chi connectivity index (χ3v) is 11.8. The summed E-state index contributed by atoms with van der Waals surface area (Å²) in [4.78, 5) is 133. The van der Waals surface area contributed by atoms with Crippen LogP contribution in [-0.4, -0.2) is 125 Å². The van der Waals surface area contributed by atoms with Crippen LogP contribution in [-0.2, 0) is 72.2 Å². The summed E-state index contributed by atoms with van der Waals surface area (Å²) in [5.74, 6) is -8.54. The number of likely N-dealkylation sites (tertiary alicyclic amines) is 1. The number of aliphatic carboxylic acids is 1. The fraction of sp³-hybridized carbons (Fsp3) is 0.451. The van der Waals surface area contributed by atoms with Crippen molar-refractivity contribution in [1.29, 1.82) is 0 Å². The number of amides is 8. The van der Waals surface area contributed by atoms with Crippen molar-refractivity contribution >= 4 is 75.5 Å². The molecule has 4 rings (SSSR count). The number of ether oxygens (including phenoxy) is 4. The normalized spacial score (nSPS) is 15.2. The lowest BCUT2D eigenvalue weighted by Crippen LogP contribution is -2.61. The van der Waals surface area contributed by atoms with Crippen LogP contribution in [0.4, 0.5) is 9.59 Å². The van der Waals surface area contributed by atoms with E-state index in [0.29, 0.717) is 23.1 Å². The van der Waals surface area contributed by atoms with Crippen molar-refractivity contribution in [2.24, 2.45) is 17.4 Å². The van der Waals surface area contributed by atoms with Crippen LogP contribution in [0.25, 0.3) is 0 Å². The van der Waals surface area contributed by atoms with E-state index >= 15 is 0 Å². The highest BCUT2D eigenvalue weighted by molar-refractivity contribution is 9.10. The topological polar surface area (TPSA) is 343 Å². The van der Waals surface area contributed by atoms with E-state index < -0.39 is 133 Å². The third-order valence-electron chi connectivity index (χ3n) is 11.3. The number of hydrogen-bond acceptors (Lipinski definition) is 14. The Morgan fingerprint density at radius 1 is 0.707 bits per heavy atom. The Morgan fingerprint density at radius 2 is 1.28 bits per heavy atom. The predicted octanol–water partition coefficient (Wildman–Crippen LogP) is 2.63. The third kappa shape index (κ3) is 20.7. The molecular weight excluding hydrogens is 1040 g/mol. The van der Waals surface area contributed by atoms with Crippen LogP contribution >= 0.6 is 15.9 Å². The number of carbonyl (C=O) groups excluding carboxylic acids is 9. The van der Waals surface area contributed by atoms with Gasteiger partial charge in [0.2, 0.25) is 41.4 Å². The first kappa shape index (κ1) is 60.0. The maximum atomic E-state index is 14.2. The second kappa shape index (κ2) is 28.7. The van der Waals surface area contributed by atoms with Gasteiger partial charge in [-0.1, -0.05) is 84.4 Å². The Hall–Kier alpha value is -7.60. The molecule has 3 aromatic carbocycles. The molecular formula is C51H65BrN8O15. The van der Waals surface area contributed by atoms with Crippen molar-refractivity contribution in [3.05, 3.63) is 100 Å². The Kier molecular flexibility index (Phi) is 23.0. The predicted molar refractivity (Wildman–Crippen MR) is 272 cm³/mol. The summed E-state index contributed by atoms with van der Waals surface area (Å²) in [6.45, 7) is 7.69. The fourth-order valence-electron chi connectivity index (χ4n) is 7.53. The van der Waals surface area contributed by atoms with Crippen LogP contribution in [0.1, 0.15) is 83.4 Å². The molecule has 6 atom stereocenters. The molecule has 0 aromatic heterocycles. The molecule has 0 saturated carbocycles. The summed E-state index contributed by atoms with van der Waals surface area (Å²) in [6.07, 6.45) is -3.45. The van der Waals surface area contributed by atoms with Gasteiger partial charge in [0.05, 0.1) is 19.6 Å². The zero-order valence-corrected chi connectivity index (χ0v) is 43.8. The Bertz CT molecular complexity index is 2490. The number of carboxylic acid groups (broad SMARTS) is 1. The number of rotatable bonds is 26. The number of nitrogens with one attached hydrogen (secondary N) is 5. The molecule has 1 saturated heterocycles. The average Bonchev–Trinajstić information content (AvgIpc) is 3.84. The lowest BCUT2D eigenvalue weighted by Gasteiger charge is -2.29. The van der Waals surface area contributed by atoms with E-state index in [1.165, 1.54) is 24.3 Å². The fourth-order valence-corrected chi connectivity index (χ4v) is 7.80. The number of carboxylic acids is 1. The van der Waals surface area contributed by atoms with Gasteiger partial charge in [-0.2, -0.15) is 0 Å². The van der Waals surface area contributed by atoms with E-state index in [0.717, 1.165) is 9.37 Å². The number of nitrogens with two attached hydrogens (primary N) is 2. The van der Waals surface area contributed by atoms with Gasteiger partial charge in [-0.15, -0.1) is 0 Å². The molecule has 75 heavy (non-hydrogen) atoms. The van der Waals surface area contributed by atoms with E-state index in [4.69, 9.17) is 30.4 Å². The van der Waals surface area contributed by atoms with E-state index in [-0.39, 0.29) is 38.3 Å². The molecule has 1 fully saturated rings. The first-order valence-electron chi connectivity index (χ1n) is 24.0. The maximum Gasteiger partial charge on any atom is 0.514 e. The molecule has 8 amide bonds. The highest BCUT2D eigenvalue weighted by atomic mass is 79.9. The Morgan fingerprint density at radius 3 is 1.88 bits per heavy atom. The number of benzene rings is 3. The van der Waals surface area contributed by atoms with Crippen molar-refractivity contribution in [3.63, 3.8) is 0 Å². The SMILES string of the molecule is CC(C)[C@H](NC(=O)OC(C)(C)C)C(=O)N[C@@H](COCc1ccccc1)C(=O)N[C@@H](CCC(N)=O)C(=O)N[C@@H](CC(N)=O)C(=O)N[C@@H](Cc1ccc(OC(=O)OCc2ccc(Br)cc2)cc1)C(=O)N1CCC[C@H]1C(=O)O. The minimum atomic E-state index is -1.82. The van der Waals surface area contributed by atoms with Crippen molar-refractivity contribution in [2.45, 2.75) is 128 Å². The molecule has 406 valence electrons. The molecule has 1 heterocycles. The number of halogens is 1. The summed E-state index contributed by atoms with van der Waals surface area (Å²) in [5, 5.41) is 22.4. The zero-order chi connectivity index (χ0) is 55.4. The molecule has 1 aliphatic heterocycles. The highest BCUT2D eigenvalue weighted by Gasteiger charge is 2.39. The molecule has 1 aliphatic rings. The molecule has 10 N–H and O–H groups in total. The number of alkyl carbamates (subject to hydrolysis) is 1. The summed E-state index contributed by atoms with van der Waals surface area (Å²) in [6, 6.07) is 12.7. The Labute approximate surface area is 442 Å². The largest absolute Gasteiger partial charge is 0.514 e. The van der Waals surface area contributed by atoms with Gasteiger partial charge in [-0.25, -0.2) is 14.4 Å². The zero-order valence-electron chi connectivity index (χ0n) is 42.3. The summed E-state index contributed by atoms with van der Waals surface area (Å²) < 4.78 is 22.5. The average molecular weight is 1110 g/mol. The standard InChI is InChI=1S/C51H65BrN8O15/c1-29(2)42(59-49(70)75-51(3,4)5)46(66)58-38(28-72-26-31-10-7-6-8-11-31)45(65)55-35(21-22-40(53)61)43(63)56-36(25-41(54)62)44(64)57-37(47(67)60-23-9-12-39(60)48(68)69)24-30-15-19-34(20-16-30)74-50(71)73-27-32-13-17-33(52)18-14-32/h6-8,10-11,13-20,29,35-39,42H,9,12,21-28H2,1-5H3,(H2,53,61)(H2,54,62)(H,55,65)(H,56,63)(H,57,64)(H,58,66)(H,59,70)(H,68,69)/t35-,36-,37-,38-,39-,42-/m0/s1. The number of hydrogen-bond donors (Lipinski definition) is 8. The molecule has 24 heteroatoms. The smallest absolute Gasteiger partial charge is 0.480 e. The lowest BCUT2D eigenvalue weighted by molar-refractivity contribution is -0.149. The summed E-state index contributed by atoms with van der Waals surface area (Å²) in [5.41, 5.74) is 11.9. The van der Waals surface area contributed by atoms with Gasteiger partial charge >= 0.3 is 18.2 Å². The molecule has 0 radical (unpaired) electrons. The van der Waals surface area contributed by atoms with Gasteiger partial charge < -0.3 is 67.0 Å². The highest BCUT2D eigenvalue weighted by Crippen LogP contribution is 2.22. The van der Waals surface area contributed by atoms with Crippen molar-refractivity contribution < 1.29 is 72.0 Å². The molecule has 0 bridgehead atoms. The van der Waals surface area contributed by atoms with Gasteiger partial charge in [0.25, 0.3) is 0 Å². The maximum absolute atomic E-state index is 14.2. The van der Waals surface area contributed by atoms with Gasteiger partial charge in [0, 0.05) is 23.9 Å². The van der Waals surface area contributed by atoms with Crippen LogP contribution in [0.5, 0.6) is 5.75 Å². The van der Waals surface area contributed by atoms with E-state index in [1.54, 1.807) is 89.2 Å². The van der Waals surface area contributed by atoms with Crippen LogP contribution in [0.2, 0.25) is 0 Å². The van der Waals surface area contributed by atoms with Crippen molar-refractivity contribution in [3.8, 4) is 5.75 Å². The van der Waals surface area contributed by atoms with Gasteiger partial charge in [-0.3, -0.25) is 33.6 Å². The molecule has 0 spiro atoms. The molecule has 23 nitrogen and oxygen atoms in total. The van der Waals surface area contributed by atoms with Gasteiger partial charge in [0.1, 0.15) is 54.2 Å². The van der Waals surface area contributed by atoms with Crippen LogP contribution in [0, 0.1) is 5.92 Å². The Balaban J connectivity index is 1.56. The van der Waals surface area contributed by atoms with Crippen LogP contribution < -0.4 is 42.8 Å². The van der Waals surface area contributed by atoms with E-state index in [9.17, 15) is 53.1 Å². The molecule has 0 aliphatic carbocycles. The van der Waals surface area contributed by atoms with Gasteiger partial charge in [0.15, 0.2) is 0 Å². The second-order valence-corrected chi connectivity index (χ2v) is 19.8. The molecule has 0 unspecified atom stereocenters. The number of carbonyl (C=O) groups is 10. The first-order valence-corrected chi connectivity index (χ1v) is 24.8. The summed E-state index contributed by atoms with van der Waals surface area (Å²) in [7, 11) is 0. The quantitative estimate of drug-likeness (QED) is 0.0423. The van der Waals surface area contributed by atoms with Crippen molar-refractivity contribution in [1.82, 2.24) is 31.5 Å². The minimum Gasteiger partial charge on any atom is -0.480 e. The molecule has 3 aromatic rings. The monoisotopic (exact) mass is 1110 g/mol. The second-order valence-electron chi connectivity index (χ2n) is 18.9. The van der Waals surface area contributed by atoms with Crippen LogP contribution in [0.15, 0.2) is 83.3 Å². The minimum absolute atomic E-state index is 0.0114. The van der Waals surface area contributed by atoms with E-state index in [2.05, 4.69) is 42.5 Å². The summed E-state index contributed by atoms with van der Waals surface area (Å²) >= 11 is 3.34. The lowest BCUT2D eigenvalue weighted by atomic mass is 10.0.